The van der Waals surface area contributed by atoms with Gasteiger partial charge >= 0.3 is 0 Å². The number of carbonyl (C=O) groups is 1. The van der Waals surface area contributed by atoms with E-state index in [2.05, 4.69) is 10.5 Å². The van der Waals surface area contributed by atoms with Crippen LogP contribution in [0.25, 0.3) is 0 Å². The maximum atomic E-state index is 13.4. The van der Waals surface area contributed by atoms with E-state index in [1.807, 2.05) is 6.92 Å². The van der Waals surface area contributed by atoms with E-state index < -0.39 is 22.5 Å². The zero-order valence-electron chi connectivity index (χ0n) is 17.8. The molecular formula is C23H21Cl2N3O4S. The second-order valence-electron chi connectivity index (χ2n) is 6.99. The molecule has 0 aromatic heterocycles. The highest BCUT2D eigenvalue weighted by Crippen LogP contribution is 2.29. The van der Waals surface area contributed by atoms with E-state index in [1.54, 1.807) is 36.4 Å². The quantitative estimate of drug-likeness (QED) is 0.356. The minimum absolute atomic E-state index is 0.0227. The smallest absolute Gasteiger partial charge is 0.264 e. The van der Waals surface area contributed by atoms with E-state index >= 15 is 0 Å². The van der Waals surface area contributed by atoms with Gasteiger partial charge in [0.2, 0.25) is 0 Å². The van der Waals surface area contributed by atoms with Crippen molar-refractivity contribution < 1.29 is 17.9 Å². The fraction of sp³-hybridized carbons (Fsp3) is 0.130. The minimum atomic E-state index is -4.10. The van der Waals surface area contributed by atoms with Crippen LogP contribution >= 0.6 is 23.2 Å². The first-order chi connectivity index (χ1) is 15.7. The normalized spacial score (nSPS) is 11.4. The van der Waals surface area contributed by atoms with Crippen LogP contribution in [0.1, 0.15) is 11.1 Å². The highest BCUT2D eigenvalue weighted by molar-refractivity contribution is 7.92. The molecule has 0 saturated carbocycles. The Hall–Kier alpha value is -3.07. The Kier molecular flexibility index (Phi) is 7.97. The molecule has 0 radical (unpaired) electrons. The summed E-state index contributed by atoms with van der Waals surface area (Å²) >= 11 is 12.2. The van der Waals surface area contributed by atoms with Crippen LogP contribution in [0.3, 0.4) is 0 Å². The number of para-hydroxylation sites is 1. The summed E-state index contributed by atoms with van der Waals surface area (Å²) in [7, 11) is -2.58. The zero-order valence-corrected chi connectivity index (χ0v) is 20.2. The molecule has 3 aromatic rings. The number of anilines is 1. The van der Waals surface area contributed by atoms with Crippen LogP contribution < -0.4 is 14.5 Å². The number of amides is 1. The third kappa shape index (κ3) is 6.25. The number of nitrogens with zero attached hydrogens (tertiary/aromatic N) is 2. The molecule has 1 N–H and O–H groups in total. The Morgan fingerprint density at radius 3 is 2.33 bits per heavy atom. The molecule has 0 aliphatic carbocycles. The number of hydrazone groups is 1. The second kappa shape index (κ2) is 10.7. The fourth-order valence-electron chi connectivity index (χ4n) is 2.95. The number of nitrogens with one attached hydrogen (secondary N) is 1. The van der Waals surface area contributed by atoms with E-state index in [0.29, 0.717) is 11.3 Å². The fourth-order valence-corrected chi connectivity index (χ4v) is 4.87. The van der Waals surface area contributed by atoms with Gasteiger partial charge in [-0.3, -0.25) is 9.10 Å². The van der Waals surface area contributed by atoms with Crippen LogP contribution in [-0.2, 0) is 14.8 Å². The van der Waals surface area contributed by atoms with Gasteiger partial charge in [-0.05, 0) is 49.4 Å². The molecule has 172 valence electrons. The number of hydrogen-bond acceptors (Lipinski definition) is 5. The number of methoxy groups -OCH3 is 1. The topological polar surface area (TPSA) is 88.1 Å². The number of benzene rings is 3. The number of rotatable bonds is 8. The van der Waals surface area contributed by atoms with Crippen molar-refractivity contribution in [2.45, 2.75) is 11.8 Å². The average Bonchev–Trinajstić information content (AvgIpc) is 2.77. The third-order valence-corrected chi connectivity index (χ3v) is 6.79. The monoisotopic (exact) mass is 505 g/mol. The summed E-state index contributed by atoms with van der Waals surface area (Å²) in [5.74, 6) is -0.0828. The molecule has 0 fully saturated rings. The Labute approximate surface area is 202 Å². The molecule has 0 unspecified atom stereocenters. The summed E-state index contributed by atoms with van der Waals surface area (Å²) in [5, 5.41) is 4.39. The summed E-state index contributed by atoms with van der Waals surface area (Å²) in [6, 6.07) is 17.7. The van der Waals surface area contributed by atoms with Gasteiger partial charge in [0.25, 0.3) is 15.9 Å². The first kappa shape index (κ1) is 24.6. The first-order valence-corrected chi connectivity index (χ1v) is 11.9. The molecule has 3 aromatic carbocycles. The third-order valence-electron chi connectivity index (χ3n) is 4.56. The number of sulfonamides is 1. The van der Waals surface area contributed by atoms with Crippen molar-refractivity contribution in [2.24, 2.45) is 5.10 Å². The van der Waals surface area contributed by atoms with Crippen molar-refractivity contribution >= 4 is 51.0 Å². The molecule has 0 aliphatic heterocycles. The lowest BCUT2D eigenvalue weighted by atomic mass is 10.2. The highest BCUT2D eigenvalue weighted by atomic mass is 35.5. The van der Waals surface area contributed by atoms with Crippen LogP contribution in [0.2, 0.25) is 10.0 Å². The molecule has 0 aliphatic rings. The predicted molar refractivity (Wildman–Crippen MR) is 131 cm³/mol. The van der Waals surface area contributed by atoms with Crippen molar-refractivity contribution in [3.05, 3.63) is 87.9 Å². The lowest BCUT2D eigenvalue weighted by Crippen LogP contribution is -2.39. The Morgan fingerprint density at radius 1 is 1.06 bits per heavy atom. The summed E-state index contributed by atoms with van der Waals surface area (Å²) in [4.78, 5) is 12.7. The number of halogens is 2. The van der Waals surface area contributed by atoms with Crippen LogP contribution in [0.5, 0.6) is 5.75 Å². The summed E-state index contributed by atoms with van der Waals surface area (Å²) < 4.78 is 32.9. The van der Waals surface area contributed by atoms with E-state index in [9.17, 15) is 13.2 Å². The van der Waals surface area contributed by atoms with E-state index in [-0.39, 0.29) is 20.6 Å². The SMILES string of the molecule is COc1ccccc1/C=N\NC(=O)CN(c1cc(Cl)cc(Cl)c1)S(=O)(=O)c1ccc(C)cc1. The van der Waals surface area contributed by atoms with E-state index in [0.717, 1.165) is 9.87 Å². The van der Waals surface area contributed by atoms with Gasteiger partial charge in [-0.1, -0.05) is 53.0 Å². The van der Waals surface area contributed by atoms with Gasteiger partial charge in [-0.15, -0.1) is 0 Å². The van der Waals surface area contributed by atoms with Gasteiger partial charge < -0.3 is 4.74 Å². The average molecular weight is 506 g/mol. The molecule has 0 bridgehead atoms. The van der Waals surface area contributed by atoms with Crippen LogP contribution in [0.15, 0.2) is 76.7 Å². The number of carbonyl (C=O) groups excluding carboxylic acids is 1. The lowest BCUT2D eigenvalue weighted by Gasteiger charge is -2.24. The van der Waals surface area contributed by atoms with Crippen molar-refractivity contribution in [3.8, 4) is 5.75 Å². The Morgan fingerprint density at radius 2 is 1.70 bits per heavy atom. The molecule has 7 nitrogen and oxygen atoms in total. The zero-order chi connectivity index (χ0) is 24.0. The lowest BCUT2D eigenvalue weighted by molar-refractivity contribution is -0.119. The molecular weight excluding hydrogens is 485 g/mol. The van der Waals surface area contributed by atoms with Gasteiger partial charge in [-0.25, -0.2) is 13.8 Å². The molecule has 10 heteroatoms. The predicted octanol–water partition coefficient (Wildman–Crippen LogP) is 4.66. The molecule has 1 amide bonds. The maximum Gasteiger partial charge on any atom is 0.264 e. The molecule has 0 heterocycles. The molecule has 0 atom stereocenters. The standard InChI is InChI=1S/C23H21Cl2N3O4S/c1-16-7-9-21(10-8-16)33(30,31)28(20-12-18(24)11-19(25)13-20)15-23(29)27-26-14-17-5-3-4-6-22(17)32-2/h3-14H,15H2,1-2H3,(H,27,29)/b26-14-. The summed E-state index contributed by atoms with van der Waals surface area (Å²) in [6.45, 7) is 1.30. The summed E-state index contributed by atoms with van der Waals surface area (Å²) in [6.07, 6.45) is 1.41. The van der Waals surface area contributed by atoms with Crippen molar-refractivity contribution in [1.82, 2.24) is 5.43 Å². The second-order valence-corrected chi connectivity index (χ2v) is 9.72. The van der Waals surface area contributed by atoms with Gasteiger partial charge in [0.15, 0.2) is 0 Å². The molecule has 33 heavy (non-hydrogen) atoms. The van der Waals surface area contributed by atoms with Gasteiger partial charge in [0.05, 0.1) is 23.9 Å². The van der Waals surface area contributed by atoms with Crippen LogP contribution in [0.4, 0.5) is 5.69 Å². The van der Waals surface area contributed by atoms with Gasteiger partial charge in [0.1, 0.15) is 12.3 Å². The number of ether oxygens (including phenoxy) is 1. The number of aryl methyl sites for hydroxylation is 1. The highest BCUT2D eigenvalue weighted by Gasteiger charge is 2.27. The largest absolute Gasteiger partial charge is 0.496 e. The van der Waals surface area contributed by atoms with Crippen molar-refractivity contribution in [1.29, 1.82) is 0 Å². The molecule has 3 rings (SSSR count). The van der Waals surface area contributed by atoms with Crippen molar-refractivity contribution in [3.63, 3.8) is 0 Å². The number of hydrogen-bond donors (Lipinski definition) is 1. The van der Waals surface area contributed by atoms with E-state index in [1.165, 1.54) is 43.7 Å². The Bertz CT molecular complexity index is 1260. The van der Waals surface area contributed by atoms with Crippen molar-refractivity contribution in [2.75, 3.05) is 18.0 Å². The van der Waals surface area contributed by atoms with Crippen LogP contribution in [0, 0.1) is 6.92 Å². The minimum Gasteiger partial charge on any atom is -0.496 e. The maximum absolute atomic E-state index is 13.4. The van der Waals surface area contributed by atoms with Crippen LogP contribution in [-0.4, -0.2) is 34.2 Å². The summed E-state index contributed by atoms with van der Waals surface area (Å²) in [5.41, 5.74) is 4.04. The molecule has 0 saturated heterocycles. The Balaban J connectivity index is 1.89. The molecule has 0 spiro atoms. The first-order valence-electron chi connectivity index (χ1n) is 9.71. The van der Waals surface area contributed by atoms with Gasteiger partial charge in [-0.2, -0.15) is 5.10 Å². The van der Waals surface area contributed by atoms with E-state index in [4.69, 9.17) is 27.9 Å². The van der Waals surface area contributed by atoms with Gasteiger partial charge in [0, 0.05) is 15.6 Å².